The van der Waals surface area contributed by atoms with Gasteiger partial charge in [-0.2, -0.15) is 0 Å². The van der Waals surface area contributed by atoms with E-state index in [1.54, 1.807) is 0 Å². The van der Waals surface area contributed by atoms with E-state index in [4.69, 9.17) is 5.73 Å². The molecule has 0 bridgehead atoms. The van der Waals surface area contributed by atoms with Crippen molar-refractivity contribution in [2.24, 2.45) is 11.7 Å². The molecule has 0 fully saturated rings. The molecule has 0 atom stereocenters. The number of carbonyl (C=O) groups is 1. The molecule has 0 radical (unpaired) electrons. The van der Waals surface area contributed by atoms with E-state index in [1.165, 1.54) is 32.7 Å². The zero-order chi connectivity index (χ0) is 17.9. The summed E-state index contributed by atoms with van der Waals surface area (Å²) in [5.74, 6) is -0.475. The molecule has 0 spiro atoms. The Morgan fingerprint density at radius 2 is 1.08 bits per heavy atom. The smallest absolute Gasteiger partial charge is 0.221 e. The Labute approximate surface area is 153 Å². The third-order valence-corrected chi connectivity index (χ3v) is 5.09. The minimum atomic E-state index is -0.245. The molecular weight excluding hydrogens is 318 g/mol. The van der Waals surface area contributed by atoms with Gasteiger partial charge in [-0.1, -0.05) is 84.9 Å². The number of hydrogen-bond donors (Lipinski definition) is 1. The maximum Gasteiger partial charge on any atom is 0.221 e. The van der Waals surface area contributed by atoms with Crippen molar-refractivity contribution in [3.8, 4) is 0 Å². The van der Waals surface area contributed by atoms with Crippen LogP contribution in [-0.4, -0.2) is 5.91 Å². The van der Waals surface area contributed by atoms with Gasteiger partial charge in [0.1, 0.15) is 0 Å². The van der Waals surface area contributed by atoms with Crippen molar-refractivity contribution in [2.75, 3.05) is 0 Å². The van der Waals surface area contributed by atoms with Gasteiger partial charge in [0.05, 0.1) is 0 Å². The van der Waals surface area contributed by atoms with Gasteiger partial charge in [0, 0.05) is 5.92 Å². The summed E-state index contributed by atoms with van der Waals surface area (Å²) < 4.78 is 0. The van der Waals surface area contributed by atoms with Gasteiger partial charge in [-0.15, -0.1) is 0 Å². The lowest BCUT2D eigenvalue weighted by Crippen LogP contribution is -2.27. The van der Waals surface area contributed by atoms with Gasteiger partial charge in [-0.3, -0.25) is 4.79 Å². The molecule has 0 saturated carbocycles. The lowest BCUT2D eigenvalue weighted by molar-refractivity contribution is -0.121. The second-order valence-corrected chi connectivity index (χ2v) is 6.78. The summed E-state index contributed by atoms with van der Waals surface area (Å²) in [6, 6.07) is 29.1. The van der Waals surface area contributed by atoms with Crippen LogP contribution in [0.15, 0.2) is 84.9 Å². The third-order valence-electron chi connectivity index (χ3n) is 5.09. The molecule has 2 nitrogen and oxygen atoms in total. The van der Waals surface area contributed by atoms with Crippen molar-refractivity contribution in [1.82, 2.24) is 0 Å². The maximum absolute atomic E-state index is 12.2. The van der Waals surface area contributed by atoms with Gasteiger partial charge in [-0.05, 0) is 45.5 Å². The Bertz CT molecular complexity index is 992. The maximum atomic E-state index is 12.2. The first-order chi connectivity index (χ1) is 12.7. The molecule has 128 valence electrons. The zero-order valence-corrected chi connectivity index (χ0v) is 14.6. The molecule has 4 aromatic carbocycles. The molecule has 2 heteroatoms. The fourth-order valence-corrected chi connectivity index (χ4v) is 3.75. The van der Waals surface area contributed by atoms with Crippen molar-refractivity contribution in [1.29, 1.82) is 0 Å². The molecule has 4 rings (SSSR count). The fourth-order valence-electron chi connectivity index (χ4n) is 3.75. The zero-order valence-electron chi connectivity index (χ0n) is 14.6. The predicted octanol–water partition coefficient (Wildman–Crippen LogP) is 4.88. The van der Waals surface area contributed by atoms with E-state index in [1.807, 2.05) is 36.4 Å². The molecule has 0 aromatic heterocycles. The number of fused-ring (bicyclic) bond motifs is 2. The van der Waals surface area contributed by atoms with E-state index in [0.29, 0.717) is 12.8 Å². The van der Waals surface area contributed by atoms with E-state index in [2.05, 4.69) is 48.5 Å². The molecule has 0 aliphatic heterocycles. The van der Waals surface area contributed by atoms with Crippen LogP contribution in [0.25, 0.3) is 21.5 Å². The molecule has 0 saturated heterocycles. The Hall–Kier alpha value is -3.13. The van der Waals surface area contributed by atoms with Crippen LogP contribution in [0.5, 0.6) is 0 Å². The molecule has 1 amide bonds. The van der Waals surface area contributed by atoms with Crippen LogP contribution < -0.4 is 5.73 Å². The van der Waals surface area contributed by atoms with E-state index in [-0.39, 0.29) is 11.8 Å². The molecular formula is C24H21NO. The highest BCUT2D eigenvalue weighted by Crippen LogP contribution is 2.25. The van der Waals surface area contributed by atoms with Gasteiger partial charge in [0.25, 0.3) is 0 Å². The Kier molecular flexibility index (Phi) is 4.40. The van der Waals surface area contributed by atoms with Crippen LogP contribution in [0, 0.1) is 5.92 Å². The van der Waals surface area contributed by atoms with Gasteiger partial charge in [0.15, 0.2) is 0 Å². The van der Waals surface area contributed by atoms with Crippen molar-refractivity contribution < 1.29 is 4.79 Å². The Balaban J connectivity index is 1.69. The first-order valence-electron chi connectivity index (χ1n) is 8.95. The Morgan fingerprint density at radius 3 is 1.54 bits per heavy atom. The normalized spacial score (nSPS) is 11.3. The van der Waals surface area contributed by atoms with Crippen molar-refractivity contribution in [2.45, 2.75) is 12.8 Å². The summed E-state index contributed by atoms with van der Waals surface area (Å²) >= 11 is 0. The van der Waals surface area contributed by atoms with Crippen LogP contribution in [0.1, 0.15) is 11.1 Å². The number of benzene rings is 4. The van der Waals surface area contributed by atoms with Crippen LogP contribution in [0.4, 0.5) is 0 Å². The van der Waals surface area contributed by atoms with Crippen molar-refractivity contribution >= 4 is 27.5 Å². The second kappa shape index (κ2) is 7.01. The molecule has 0 heterocycles. The van der Waals surface area contributed by atoms with Crippen LogP contribution in [-0.2, 0) is 17.6 Å². The predicted molar refractivity (Wildman–Crippen MR) is 108 cm³/mol. The van der Waals surface area contributed by atoms with E-state index >= 15 is 0 Å². The fraction of sp³-hybridized carbons (Fsp3) is 0.125. The van der Waals surface area contributed by atoms with E-state index in [9.17, 15) is 4.79 Å². The summed E-state index contributed by atoms with van der Waals surface area (Å²) in [5.41, 5.74) is 8.13. The minimum Gasteiger partial charge on any atom is -0.369 e. The summed E-state index contributed by atoms with van der Waals surface area (Å²) in [4.78, 5) is 12.2. The molecule has 4 aromatic rings. The highest BCUT2D eigenvalue weighted by atomic mass is 16.1. The number of amides is 1. The molecule has 0 aliphatic rings. The van der Waals surface area contributed by atoms with Gasteiger partial charge < -0.3 is 5.73 Å². The lowest BCUT2D eigenvalue weighted by atomic mass is 9.88. The lowest BCUT2D eigenvalue weighted by Gasteiger charge is -2.16. The summed E-state index contributed by atoms with van der Waals surface area (Å²) in [5, 5.41) is 4.77. The first-order valence-corrected chi connectivity index (χ1v) is 8.95. The molecule has 26 heavy (non-hydrogen) atoms. The van der Waals surface area contributed by atoms with Crippen molar-refractivity contribution in [3.05, 3.63) is 96.1 Å². The standard InChI is InChI=1S/C24H21NO/c25-24(26)21(15-19-11-5-9-17-7-1-3-13-22(17)19)16-20-12-6-10-18-8-2-4-14-23(18)20/h1-14,21H,15-16H2,(H2,25,26). The quantitative estimate of drug-likeness (QED) is 0.553. The summed E-state index contributed by atoms with van der Waals surface area (Å²) in [6.07, 6.45) is 1.31. The topological polar surface area (TPSA) is 43.1 Å². The third kappa shape index (κ3) is 3.18. The average molecular weight is 339 g/mol. The van der Waals surface area contributed by atoms with Crippen LogP contribution in [0.3, 0.4) is 0 Å². The first kappa shape index (κ1) is 16.3. The number of hydrogen-bond acceptors (Lipinski definition) is 1. The average Bonchev–Trinajstić information content (AvgIpc) is 2.68. The van der Waals surface area contributed by atoms with Gasteiger partial charge in [0.2, 0.25) is 5.91 Å². The SMILES string of the molecule is NC(=O)C(Cc1cccc2ccccc12)Cc1cccc2ccccc12. The van der Waals surface area contributed by atoms with Crippen molar-refractivity contribution in [3.63, 3.8) is 0 Å². The monoisotopic (exact) mass is 339 g/mol. The number of carbonyl (C=O) groups excluding carboxylic acids is 1. The van der Waals surface area contributed by atoms with Crippen LogP contribution >= 0.6 is 0 Å². The number of rotatable bonds is 5. The minimum absolute atomic E-state index is 0.230. The molecule has 0 aliphatic carbocycles. The number of primary amides is 1. The second-order valence-electron chi connectivity index (χ2n) is 6.78. The van der Waals surface area contributed by atoms with E-state index < -0.39 is 0 Å². The molecule has 0 unspecified atom stereocenters. The van der Waals surface area contributed by atoms with Crippen LogP contribution in [0.2, 0.25) is 0 Å². The summed E-state index contributed by atoms with van der Waals surface area (Å²) in [6.45, 7) is 0. The summed E-state index contributed by atoms with van der Waals surface area (Å²) in [7, 11) is 0. The Morgan fingerprint density at radius 1 is 0.654 bits per heavy atom. The highest BCUT2D eigenvalue weighted by Gasteiger charge is 2.19. The van der Waals surface area contributed by atoms with Gasteiger partial charge in [-0.25, -0.2) is 0 Å². The largest absolute Gasteiger partial charge is 0.369 e. The highest BCUT2D eigenvalue weighted by molar-refractivity contribution is 5.88. The van der Waals surface area contributed by atoms with E-state index in [0.717, 1.165) is 0 Å². The molecule has 2 N–H and O–H groups in total. The number of nitrogens with two attached hydrogens (primary N) is 1. The van der Waals surface area contributed by atoms with Gasteiger partial charge >= 0.3 is 0 Å².